The molecule has 2 aliphatic heterocycles. The number of rotatable bonds is 4. The summed E-state index contributed by atoms with van der Waals surface area (Å²) in [5.41, 5.74) is 1.43. The zero-order chi connectivity index (χ0) is 14.7. The van der Waals surface area contributed by atoms with E-state index in [0.29, 0.717) is 12.1 Å². The van der Waals surface area contributed by atoms with Crippen LogP contribution in [-0.4, -0.2) is 48.6 Å². The van der Waals surface area contributed by atoms with Gasteiger partial charge in [0.25, 0.3) is 0 Å². The fourth-order valence-corrected chi connectivity index (χ4v) is 4.15. The summed E-state index contributed by atoms with van der Waals surface area (Å²) in [7, 11) is 2.08. The first-order valence-corrected chi connectivity index (χ1v) is 8.84. The molecule has 0 aromatic heterocycles. The van der Waals surface area contributed by atoms with Crippen molar-refractivity contribution in [1.82, 2.24) is 15.1 Å². The summed E-state index contributed by atoms with van der Waals surface area (Å²) in [6.45, 7) is 5.86. The van der Waals surface area contributed by atoms with Gasteiger partial charge in [0.05, 0.1) is 0 Å². The minimum absolute atomic E-state index is 0.665. The van der Waals surface area contributed by atoms with Gasteiger partial charge in [-0.1, -0.05) is 19.3 Å². The monoisotopic (exact) mass is 289 g/mol. The van der Waals surface area contributed by atoms with E-state index in [0.717, 1.165) is 19.0 Å². The van der Waals surface area contributed by atoms with Crippen molar-refractivity contribution in [3.8, 4) is 0 Å². The number of likely N-dealkylation sites (tertiary alicyclic amines) is 1. The molecule has 2 atom stereocenters. The van der Waals surface area contributed by atoms with Crippen LogP contribution < -0.4 is 5.32 Å². The molecule has 118 valence electrons. The molecule has 1 saturated heterocycles. The normalized spacial score (nSPS) is 28.9. The Morgan fingerprint density at radius 2 is 2.00 bits per heavy atom. The smallest absolute Gasteiger partial charge is 0.0380 e. The molecular formula is C18H31N3. The lowest BCUT2D eigenvalue weighted by Gasteiger charge is -2.37. The Labute approximate surface area is 130 Å². The van der Waals surface area contributed by atoms with Crippen LogP contribution in [0.25, 0.3) is 0 Å². The molecular weight excluding hydrogens is 258 g/mol. The summed E-state index contributed by atoms with van der Waals surface area (Å²) in [5.74, 6) is 0.902. The van der Waals surface area contributed by atoms with Gasteiger partial charge in [0.15, 0.2) is 0 Å². The van der Waals surface area contributed by atoms with E-state index in [9.17, 15) is 0 Å². The van der Waals surface area contributed by atoms with Gasteiger partial charge in [0.1, 0.15) is 0 Å². The summed E-state index contributed by atoms with van der Waals surface area (Å²) in [6.07, 6.45) is 15.6. The summed E-state index contributed by atoms with van der Waals surface area (Å²) in [5, 5.41) is 3.40. The molecule has 3 heteroatoms. The van der Waals surface area contributed by atoms with Gasteiger partial charge in [-0.2, -0.15) is 0 Å². The van der Waals surface area contributed by atoms with Gasteiger partial charge in [-0.3, -0.25) is 0 Å². The molecule has 2 fully saturated rings. The number of nitrogens with zero attached hydrogens (tertiary/aromatic N) is 2. The standard InChI is InChI=1S/C18H31N3/c1-15(16-6-4-3-5-7-16)20-12-9-18(10-13-20)21-11-8-17(14-21)19-2/h9-10,12,15-17,19H,3-8,11,13-14H2,1-2H3/t15?,17-/m1/s1. The molecule has 0 aromatic rings. The molecule has 1 unspecified atom stereocenters. The molecule has 3 nitrogen and oxygen atoms in total. The maximum Gasteiger partial charge on any atom is 0.0380 e. The Morgan fingerprint density at radius 1 is 1.19 bits per heavy atom. The molecule has 3 rings (SSSR count). The quantitative estimate of drug-likeness (QED) is 0.858. The fourth-order valence-electron chi connectivity index (χ4n) is 4.15. The van der Waals surface area contributed by atoms with Crippen LogP contribution in [0.3, 0.4) is 0 Å². The summed E-state index contributed by atoms with van der Waals surface area (Å²) in [4.78, 5) is 5.07. The highest BCUT2D eigenvalue weighted by atomic mass is 15.2. The second-order valence-electron chi connectivity index (χ2n) is 7.00. The van der Waals surface area contributed by atoms with Crippen molar-refractivity contribution in [3.05, 3.63) is 24.0 Å². The van der Waals surface area contributed by atoms with Gasteiger partial charge in [-0.25, -0.2) is 0 Å². The molecule has 0 amide bonds. The highest BCUT2D eigenvalue weighted by Crippen LogP contribution is 2.30. The number of hydrogen-bond donors (Lipinski definition) is 1. The van der Waals surface area contributed by atoms with Crippen LogP contribution in [-0.2, 0) is 0 Å². The first-order valence-electron chi connectivity index (χ1n) is 8.84. The van der Waals surface area contributed by atoms with Crippen LogP contribution in [0.2, 0.25) is 0 Å². The Hall–Kier alpha value is -0.960. The van der Waals surface area contributed by atoms with Crippen LogP contribution in [0.4, 0.5) is 0 Å². The van der Waals surface area contributed by atoms with Crippen molar-refractivity contribution < 1.29 is 0 Å². The first kappa shape index (κ1) is 15.0. The number of hydrogen-bond acceptors (Lipinski definition) is 3. The number of nitrogens with one attached hydrogen (secondary N) is 1. The molecule has 0 bridgehead atoms. The largest absolute Gasteiger partial charge is 0.371 e. The second-order valence-corrected chi connectivity index (χ2v) is 7.00. The van der Waals surface area contributed by atoms with E-state index in [2.05, 4.69) is 47.4 Å². The zero-order valence-corrected chi connectivity index (χ0v) is 13.7. The maximum absolute atomic E-state index is 3.40. The lowest BCUT2D eigenvalue weighted by atomic mass is 9.84. The summed E-state index contributed by atoms with van der Waals surface area (Å²) in [6, 6.07) is 1.36. The Kier molecular flexibility index (Phi) is 4.89. The van der Waals surface area contributed by atoms with Crippen molar-refractivity contribution in [2.45, 2.75) is 57.5 Å². The molecule has 0 radical (unpaired) electrons. The summed E-state index contributed by atoms with van der Waals surface area (Å²) >= 11 is 0. The minimum Gasteiger partial charge on any atom is -0.371 e. The third-order valence-electron chi connectivity index (χ3n) is 5.76. The second kappa shape index (κ2) is 6.87. The van der Waals surface area contributed by atoms with E-state index in [-0.39, 0.29) is 0 Å². The molecule has 3 aliphatic rings. The molecule has 1 aliphatic carbocycles. The van der Waals surface area contributed by atoms with Crippen molar-refractivity contribution in [1.29, 1.82) is 0 Å². The van der Waals surface area contributed by atoms with E-state index >= 15 is 0 Å². The third kappa shape index (κ3) is 3.45. The topological polar surface area (TPSA) is 18.5 Å². The fraction of sp³-hybridized carbons (Fsp3) is 0.778. The lowest BCUT2D eigenvalue weighted by Crippen LogP contribution is -2.38. The van der Waals surface area contributed by atoms with Gasteiger partial charge >= 0.3 is 0 Å². The van der Waals surface area contributed by atoms with Crippen LogP contribution in [0.15, 0.2) is 24.0 Å². The van der Waals surface area contributed by atoms with Gasteiger partial charge in [0.2, 0.25) is 0 Å². The van der Waals surface area contributed by atoms with Crippen molar-refractivity contribution in [3.63, 3.8) is 0 Å². The van der Waals surface area contributed by atoms with E-state index in [4.69, 9.17) is 0 Å². The summed E-state index contributed by atoms with van der Waals surface area (Å²) < 4.78 is 0. The van der Waals surface area contributed by atoms with E-state index in [1.54, 1.807) is 0 Å². The average Bonchev–Trinajstić information content (AvgIpc) is 3.04. The third-order valence-corrected chi connectivity index (χ3v) is 5.76. The van der Waals surface area contributed by atoms with E-state index in [1.165, 1.54) is 50.8 Å². The Balaban J connectivity index is 1.53. The highest BCUT2D eigenvalue weighted by Gasteiger charge is 2.26. The molecule has 2 heterocycles. The van der Waals surface area contributed by atoms with Crippen molar-refractivity contribution >= 4 is 0 Å². The minimum atomic E-state index is 0.665. The van der Waals surface area contributed by atoms with Crippen LogP contribution in [0.1, 0.15) is 45.4 Å². The number of likely N-dealkylation sites (N-methyl/N-ethyl adjacent to an activating group) is 1. The molecule has 1 N–H and O–H groups in total. The zero-order valence-electron chi connectivity index (χ0n) is 13.7. The van der Waals surface area contributed by atoms with E-state index in [1.807, 2.05) is 0 Å². The number of allylic oxidation sites excluding steroid dienone is 1. The molecule has 21 heavy (non-hydrogen) atoms. The van der Waals surface area contributed by atoms with Gasteiger partial charge in [-0.05, 0) is 51.3 Å². The van der Waals surface area contributed by atoms with Crippen molar-refractivity contribution in [2.75, 3.05) is 26.7 Å². The lowest BCUT2D eigenvalue weighted by molar-refractivity contribution is 0.186. The highest BCUT2D eigenvalue weighted by molar-refractivity contribution is 5.23. The Bertz CT molecular complexity index is 395. The SMILES string of the molecule is CN[C@@H]1CCN(C2=CCN(C(C)C3CCCCC3)C=C2)C1. The maximum atomic E-state index is 3.40. The van der Waals surface area contributed by atoms with Gasteiger partial charge < -0.3 is 15.1 Å². The van der Waals surface area contributed by atoms with Gasteiger partial charge in [0, 0.05) is 43.6 Å². The van der Waals surface area contributed by atoms with Crippen molar-refractivity contribution in [2.24, 2.45) is 5.92 Å². The van der Waals surface area contributed by atoms with Crippen LogP contribution in [0.5, 0.6) is 0 Å². The Morgan fingerprint density at radius 3 is 2.62 bits per heavy atom. The van der Waals surface area contributed by atoms with Gasteiger partial charge in [-0.15, -0.1) is 0 Å². The van der Waals surface area contributed by atoms with Crippen LogP contribution in [0, 0.1) is 5.92 Å². The predicted octanol–water partition coefficient (Wildman–Crippen LogP) is 2.96. The van der Waals surface area contributed by atoms with E-state index < -0.39 is 0 Å². The van der Waals surface area contributed by atoms with Crippen LogP contribution >= 0.6 is 0 Å². The molecule has 0 spiro atoms. The first-order chi connectivity index (χ1) is 10.3. The molecule has 0 aromatic carbocycles. The average molecular weight is 289 g/mol. The molecule has 1 saturated carbocycles. The predicted molar refractivity (Wildman–Crippen MR) is 89.0 cm³/mol.